The highest BCUT2D eigenvalue weighted by Gasteiger charge is 2.06. The Labute approximate surface area is 126 Å². The van der Waals surface area contributed by atoms with Crippen molar-refractivity contribution < 1.29 is 5.11 Å². The predicted octanol–water partition coefficient (Wildman–Crippen LogP) is 4.79. The van der Waals surface area contributed by atoms with Crippen molar-refractivity contribution in [1.29, 1.82) is 0 Å². The van der Waals surface area contributed by atoms with E-state index in [0.717, 1.165) is 16.8 Å². The summed E-state index contributed by atoms with van der Waals surface area (Å²) in [6.07, 6.45) is 1.92. The van der Waals surface area contributed by atoms with Crippen molar-refractivity contribution in [3.8, 4) is 5.75 Å². The molecule has 3 N–H and O–H groups in total. The number of phenols is 1. The molecule has 2 aromatic carbocycles. The lowest BCUT2D eigenvalue weighted by Gasteiger charge is -2.09. The molecule has 0 spiro atoms. The summed E-state index contributed by atoms with van der Waals surface area (Å²) in [6, 6.07) is 11.5. The van der Waals surface area contributed by atoms with Crippen LogP contribution in [-0.4, -0.2) is 10.1 Å². The van der Waals surface area contributed by atoms with Gasteiger partial charge in [-0.25, -0.2) is 0 Å². The topological polar surface area (TPSA) is 48.0 Å². The van der Waals surface area contributed by atoms with Gasteiger partial charge in [-0.15, -0.1) is 0 Å². The lowest BCUT2D eigenvalue weighted by Crippen LogP contribution is -1.99. The number of anilines is 1. The highest BCUT2D eigenvalue weighted by Crippen LogP contribution is 2.34. The molecule has 1 aromatic heterocycles. The number of halogens is 2. The smallest absolute Gasteiger partial charge is 0.152 e. The van der Waals surface area contributed by atoms with E-state index in [1.165, 1.54) is 5.39 Å². The van der Waals surface area contributed by atoms with Gasteiger partial charge < -0.3 is 15.4 Å². The summed E-state index contributed by atoms with van der Waals surface area (Å²) in [5.41, 5.74) is 3.04. The molecule has 0 amide bonds. The second-order valence-electron chi connectivity index (χ2n) is 4.54. The number of hydrogen-bond donors (Lipinski definition) is 3. The number of fused-ring (bicyclic) bond motifs is 1. The van der Waals surface area contributed by atoms with E-state index >= 15 is 0 Å². The second-order valence-corrected chi connectivity index (χ2v) is 5.36. The molecule has 0 atom stereocenters. The first-order chi connectivity index (χ1) is 9.63. The lowest BCUT2D eigenvalue weighted by atomic mass is 10.1. The van der Waals surface area contributed by atoms with E-state index in [1.807, 2.05) is 18.3 Å². The van der Waals surface area contributed by atoms with Gasteiger partial charge in [0, 0.05) is 23.9 Å². The molecule has 3 aromatic rings. The van der Waals surface area contributed by atoms with Gasteiger partial charge in [-0.05, 0) is 41.3 Å². The third-order valence-electron chi connectivity index (χ3n) is 3.13. The van der Waals surface area contributed by atoms with E-state index in [-0.39, 0.29) is 15.8 Å². The average Bonchev–Trinajstić information content (AvgIpc) is 2.89. The van der Waals surface area contributed by atoms with Gasteiger partial charge in [-0.1, -0.05) is 29.3 Å². The van der Waals surface area contributed by atoms with Crippen molar-refractivity contribution in [3.63, 3.8) is 0 Å². The van der Waals surface area contributed by atoms with Gasteiger partial charge in [0.05, 0.1) is 10.0 Å². The summed E-state index contributed by atoms with van der Waals surface area (Å²) in [4.78, 5) is 3.16. The van der Waals surface area contributed by atoms with Crippen LogP contribution in [0.25, 0.3) is 10.9 Å². The van der Waals surface area contributed by atoms with Crippen LogP contribution in [0.4, 0.5) is 5.69 Å². The SMILES string of the molecule is Oc1c(Cl)cc(NCc2ccc3[nH]ccc3c2)cc1Cl. The fraction of sp³-hybridized carbons (Fsp3) is 0.0667. The first kappa shape index (κ1) is 13.2. The average molecular weight is 307 g/mol. The zero-order valence-electron chi connectivity index (χ0n) is 10.5. The summed E-state index contributed by atoms with van der Waals surface area (Å²) < 4.78 is 0. The first-order valence-electron chi connectivity index (χ1n) is 6.11. The molecule has 102 valence electrons. The zero-order valence-corrected chi connectivity index (χ0v) is 12.0. The number of aromatic nitrogens is 1. The number of benzene rings is 2. The molecule has 0 saturated carbocycles. The number of H-pyrrole nitrogens is 1. The van der Waals surface area contributed by atoms with E-state index in [1.54, 1.807) is 12.1 Å². The van der Waals surface area contributed by atoms with Crippen molar-refractivity contribution in [2.24, 2.45) is 0 Å². The third-order valence-corrected chi connectivity index (χ3v) is 3.71. The van der Waals surface area contributed by atoms with Crippen LogP contribution in [0.1, 0.15) is 5.56 Å². The summed E-state index contributed by atoms with van der Waals surface area (Å²) in [6.45, 7) is 0.651. The van der Waals surface area contributed by atoms with Crippen LogP contribution in [0.15, 0.2) is 42.6 Å². The van der Waals surface area contributed by atoms with Crippen molar-refractivity contribution in [2.75, 3.05) is 5.32 Å². The number of aromatic amines is 1. The molecule has 0 aliphatic carbocycles. The lowest BCUT2D eigenvalue weighted by molar-refractivity contribution is 0.476. The highest BCUT2D eigenvalue weighted by atomic mass is 35.5. The fourth-order valence-corrected chi connectivity index (χ4v) is 2.57. The minimum atomic E-state index is -0.0902. The molecule has 0 aliphatic heterocycles. The van der Waals surface area contributed by atoms with E-state index in [9.17, 15) is 5.11 Å². The van der Waals surface area contributed by atoms with Crippen LogP contribution < -0.4 is 5.32 Å². The van der Waals surface area contributed by atoms with E-state index in [2.05, 4.69) is 22.4 Å². The quantitative estimate of drug-likeness (QED) is 0.609. The number of phenolic OH excluding ortho intramolecular Hbond substituents is 1. The summed E-state index contributed by atoms with van der Waals surface area (Å²) >= 11 is 11.8. The van der Waals surface area contributed by atoms with Crippen LogP contribution in [0, 0.1) is 0 Å². The molecular weight excluding hydrogens is 295 g/mol. The Hall–Kier alpha value is -1.84. The maximum absolute atomic E-state index is 9.52. The maximum Gasteiger partial charge on any atom is 0.152 e. The Morgan fingerprint density at radius 1 is 1.05 bits per heavy atom. The van der Waals surface area contributed by atoms with Gasteiger partial charge >= 0.3 is 0 Å². The third kappa shape index (κ3) is 2.55. The fourth-order valence-electron chi connectivity index (χ4n) is 2.08. The number of rotatable bonds is 3. The molecule has 0 unspecified atom stereocenters. The van der Waals surface area contributed by atoms with Crippen LogP contribution >= 0.6 is 23.2 Å². The first-order valence-corrected chi connectivity index (χ1v) is 6.87. The van der Waals surface area contributed by atoms with Crippen molar-refractivity contribution >= 4 is 39.8 Å². The molecule has 3 rings (SSSR count). The summed E-state index contributed by atoms with van der Waals surface area (Å²) in [5.74, 6) is -0.0902. The Morgan fingerprint density at radius 3 is 2.55 bits per heavy atom. The van der Waals surface area contributed by atoms with Crippen LogP contribution in [0.5, 0.6) is 5.75 Å². The van der Waals surface area contributed by atoms with Crippen LogP contribution in [-0.2, 0) is 6.54 Å². The van der Waals surface area contributed by atoms with Gasteiger partial charge in [0.25, 0.3) is 0 Å². The van der Waals surface area contributed by atoms with E-state index in [0.29, 0.717) is 6.54 Å². The molecule has 5 heteroatoms. The Balaban J connectivity index is 1.78. The molecule has 20 heavy (non-hydrogen) atoms. The number of hydrogen-bond acceptors (Lipinski definition) is 2. The largest absolute Gasteiger partial charge is 0.505 e. The summed E-state index contributed by atoms with van der Waals surface area (Å²) in [7, 11) is 0. The predicted molar refractivity (Wildman–Crippen MR) is 83.8 cm³/mol. The van der Waals surface area contributed by atoms with Crippen molar-refractivity contribution in [2.45, 2.75) is 6.54 Å². The van der Waals surface area contributed by atoms with Gasteiger partial charge in [0.1, 0.15) is 0 Å². The van der Waals surface area contributed by atoms with Crippen molar-refractivity contribution in [3.05, 3.63) is 58.2 Å². The van der Waals surface area contributed by atoms with Gasteiger partial charge in [0.15, 0.2) is 5.75 Å². The highest BCUT2D eigenvalue weighted by molar-refractivity contribution is 6.37. The van der Waals surface area contributed by atoms with Gasteiger partial charge in [0.2, 0.25) is 0 Å². The minimum Gasteiger partial charge on any atom is -0.505 e. The number of nitrogens with one attached hydrogen (secondary N) is 2. The molecule has 1 heterocycles. The van der Waals surface area contributed by atoms with Gasteiger partial charge in [-0.3, -0.25) is 0 Å². The van der Waals surface area contributed by atoms with Crippen LogP contribution in [0.2, 0.25) is 10.0 Å². The number of aromatic hydroxyl groups is 1. The molecule has 0 bridgehead atoms. The Morgan fingerprint density at radius 2 is 1.80 bits per heavy atom. The maximum atomic E-state index is 9.52. The van der Waals surface area contributed by atoms with E-state index < -0.39 is 0 Å². The van der Waals surface area contributed by atoms with Crippen molar-refractivity contribution in [1.82, 2.24) is 4.98 Å². The molecule has 0 aliphatic rings. The standard InChI is InChI=1S/C15H12Cl2N2O/c16-12-6-11(7-13(17)15(12)20)19-8-9-1-2-14-10(5-9)3-4-18-14/h1-7,18-20H,8H2. The molecule has 0 fully saturated rings. The normalized spacial score (nSPS) is 10.9. The second kappa shape index (κ2) is 5.27. The van der Waals surface area contributed by atoms with E-state index in [4.69, 9.17) is 23.2 Å². The Kier molecular flexibility index (Phi) is 3.47. The zero-order chi connectivity index (χ0) is 14.1. The minimum absolute atomic E-state index is 0.0902. The van der Waals surface area contributed by atoms with Crippen LogP contribution in [0.3, 0.4) is 0 Å². The monoisotopic (exact) mass is 306 g/mol. The Bertz CT molecular complexity index is 744. The molecular formula is C15H12Cl2N2O. The van der Waals surface area contributed by atoms with Gasteiger partial charge in [-0.2, -0.15) is 0 Å². The molecule has 0 saturated heterocycles. The molecule has 0 radical (unpaired) electrons. The summed E-state index contributed by atoms with van der Waals surface area (Å²) in [5, 5.41) is 14.4. The molecule has 3 nitrogen and oxygen atoms in total.